The van der Waals surface area contributed by atoms with E-state index in [1.807, 2.05) is 25.1 Å². The fourth-order valence-corrected chi connectivity index (χ4v) is 3.74. The number of aliphatic hydroxyl groups is 2. The van der Waals surface area contributed by atoms with Gasteiger partial charge in [-0.1, -0.05) is 17.7 Å². The molecule has 2 aromatic rings. The Kier molecular flexibility index (Phi) is 7.48. The van der Waals surface area contributed by atoms with E-state index in [9.17, 15) is 23.8 Å². The van der Waals surface area contributed by atoms with Gasteiger partial charge in [-0.25, -0.2) is 8.78 Å². The molecule has 2 aromatic carbocycles. The van der Waals surface area contributed by atoms with E-state index in [4.69, 9.17) is 4.74 Å². The number of amides is 1. The smallest absolute Gasteiger partial charge is 0.251 e. The molecule has 0 fully saturated rings. The summed E-state index contributed by atoms with van der Waals surface area (Å²) in [7, 11) is 0. The zero-order chi connectivity index (χ0) is 23.5. The lowest BCUT2D eigenvalue weighted by Crippen LogP contribution is -2.54. The van der Waals surface area contributed by atoms with Gasteiger partial charge < -0.3 is 25.6 Å². The van der Waals surface area contributed by atoms with Gasteiger partial charge in [0, 0.05) is 30.6 Å². The Labute approximate surface area is 186 Å². The summed E-state index contributed by atoms with van der Waals surface area (Å²) in [5.41, 5.74) is 0.697. The molecule has 0 saturated carbocycles. The lowest BCUT2D eigenvalue weighted by atomic mass is 9.96. The Morgan fingerprint density at radius 3 is 2.56 bits per heavy atom. The van der Waals surface area contributed by atoms with Gasteiger partial charge in [0.2, 0.25) is 0 Å². The molecule has 174 valence electrons. The fourth-order valence-electron chi connectivity index (χ4n) is 3.74. The first-order valence-electron chi connectivity index (χ1n) is 10.7. The van der Waals surface area contributed by atoms with Crippen LogP contribution in [0.2, 0.25) is 0 Å². The average Bonchev–Trinajstić information content (AvgIpc) is 2.70. The van der Waals surface area contributed by atoms with Gasteiger partial charge in [-0.3, -0.25) is 4.79 Å². The van der Waals surface area contributed by atoms with Gasteiger partial charge in [-0.2, -0.15) is 0 Å². The van der Waals surface area contributed by atoms with Crippen LogP contribution in [-0.4, -0.2) is 47.0 Å². The number of benzene rings is 2. The molecule has 1 amide bonds. The number of halogens is 2. The van der Waals surface area contributed by atoms with Crippen molar-refractivity contribution in [2.24, 2.45) is 0 Å². The third-order valence-corrected chi connectivity index (χ3v) is 5.49. The van der Waals surface area contributed by atoms with Gasteiger partial charge in [0.05, 0.1) is 18.8 Å². The molecule has 0 aliphatic carbocycles. The molecule has 0 spiro atoms. The number of aliphatic hydroxyl groups excluding tert-OH is 1. The van der Waals surface area contributed by atoms with E-state index in [0.29, 0.717) is 13.0 Å². The van der Waals surface area contributed by atoms with Crippen LogP contribution in [0.1, 0.15) is 43.0 Å². The van der Waals surface area contributed by atoms with Crippen molar-refractivity contribution in [1.29, 1.82) is 0 Å². The fraction of sp³-hybridized carbons (Fsp3) is 0.458. The maximum atomic E-state index is 13.6. The van der Waals surface area contributed by atoms with Crippen molar-refractivity contribution in [2.45, 2.75) is 57.4 Å². The summed E-state index contributed by atoms with van der Waals surface area (Å²) in [5, 5.41) is 26.8. The molecule has 0 radical (unpaired) electrons. The summed E-state index contributed by atoms with van der Waals surface area (Å²) >= 11 is 0. The van der Waals surface area contributed by atoms with Crippen LogP contribution in [0.15, 0.2) is 36.4 Å². The van der Waals surface area contributed by atoms with Gasteiger partial charge in [0.15, 0.2) is 0 Å². The van der Waals surface area contributed by atoms with Crippen LogP contribution in [0.5, 0.6) is 5.75 Å². The van der Waals surface area contributed by atoms with Crippen LogP contribution < -0.4 is 15.4 Å². The second-order valence-corrected chi connectivity index (χ2v) is 8.83. The number of ether oxygens (including phenoxy) is 1. The van der Waals surface area contributed by atoms with Crippen LogP contribution >= 0.6 is 0 Å². The van der Waals surface area contributed by atoms with Crippen LogP contribution in [0, 0.1) is 18.6 Å². The topological polar surface area (TPSA) is 90.8 Å². The van der Waals surface area contributed by atoms with Crippen molar-refractivity contribution >= 4 is 5.91 Å². The van der Waals surface area contributed by atoms with Crippen molar-refractivity contribution in [1.82, 2.24) is 10.6 Å². The lowest BCUT2D eigenvalue weighted by Gasteiger charge is -2.31. The summed E-state index contributed by atoms with van der Waals surface area (Å²) < 4.78 is 33.0. The van der Waals surface area contributed by atoms with Gasteiger partial charge in [-0.05, 0) is 51.0 Å². The Bertz CT molecular complexity index is 941. The van der Waals surface area contributed by atoms with Crippen LogP contribution in [-0.2, 0) is 11.2 Å². The van der Waals surface area contributed by atoms with Crippen LogP contribution in [0.3, 0.4) is 0 Å². The molecule has 1 heterocycles. The summed E-state index contributed by atoms with van der Waals surface area (Å²) in [6, 6.07) is 8.06. The van der Waals surface area contributed by atoms with Gasteiger partial charge in [0.25, 0.3) is 5.91 Å². The SMILES string of the molecule is Cc1ccc2c(c1)[C@@H](NC[C@@H](O)[C@H](Cc1cc(F)cc(F)c1)NC(=O)C(C)(C)O)CCO2. The van der Waals surface area contributed by atoms with Crippen LogP contribution in [0.4, 0.5) is 8.78 Å². The molecule has 3 rings (SSSR count). The second-order valence-electron chi connectivity index (χ2n) is 8.83. The Morgan fingerprint density at radius 1 is 1.22 bits per heavy atom. The average molecular weight is 449 g/mol. The molecular weight excluding hydrogens is 418 g/mol. The number of rotatable bonds is 8. The normalized spacial score (nSPS) is 17.8. The molecule has 0 bridgehead atoms. The molecule has 8 heteroatoms. The number of nitrogens with one attached hydrogen (secondary N) is 2. The van der Waals surface area contributed by atoms with Crippen LogP contribution in [0.25, 0.3) is 0 Å². The molecule has 1 aliphatic rings. The first-order chi connectivity index (χ1) is 15.0. The van der Waals surface area contributed by atoms with Crippen molar-refractivity contribution in [3.63, 3.8) is 0 Å². The molecule has 6 nitrogen and oxygen atoms in total. The molecule has 1 aliphatic heterocycles. The number of carbonyl (C=O) groups excluding carboxylic acids is 1. The summed E-state index contributed by atoms with van der Waals surface area (Å²) in [6.45, 7) is 5.29. The monoisotopic (exact) mass is 448 g/mol. The first-order valence-corrected chi connectivity index (χ1v) is 10.7. The largest absolute Gasteiger partial charge is 0.493 e. The summed E-state index contributed by atoms with van der Waals surface area (Å²) in [5.74, 6) is -1.38. The standard InChI is InChI=1S/C24H30F2N2O4/c1-14-4-5-22-18(8-14)19(6-7-32-22)27-13-21(29)20(28-23(30)24(2,3)31)11-15-9-16(25)12-17(26)10-15/h4-5,8-10,12,19-21,27,29,31H,6-7,11,13H2,1-3H3,(H,28,30)/t19-,20-,21+/m0/s1. The van der Waals surface area contributed by atoms with E-state index >= 15 is 0 Å². The number of hydrogen-bond acceptors (Lipinski definition) is 5. The molecule has 0 aromatic heterocycles. The van der Waals surface area contributed by atoms with Gasteiger partial charge >= 0.3 is 0 Å². The minimum absolute atomic E-state index is 0.0111. The lowest BCUT2D eigenvalue weighted by molar-refractivity contribution is -0.138. The number of aryl methyl sites for hydroxylation is 1. The highest BCUT2D eigenvalue weighted by molar-refractivity contribution is 5.84. The third-order valence-electron chi connectivity index (χ3n) is 5.49. The minimum Gasteiger partial charge on any atom is -0.493 e. The van der Waals surface area contributed by atoms with Crippen molar-refractivity contribution in [2.75, 3.05) is 13.2 Å². The maximum absolute atomic E-state index is 13.6. The Morgan fingerprint density at radius 2 is 1.91 bits per heavy atom. The number of carbonyl (C=O) groups is 1. The number of fused-ring (bicyclic) bond motifs is 1. The molecule has 3 atom stereocenters. The quantitative estimate of drug-likeness (QED) is 0.498. The third kappa shape index (κ3) is 6.25. The highest BCUT2D eigenvalue weighted by Gasteiger charge is 2.30. The zero-order valence-electron chi connectivity index (χ0n) is 18.5. The first kappa shape index (κ1) is 24.1. The maximum Gasteiger partial charge on any atom is 0.251 e. The minimum atomic E-state index is -1.67. The van der Waals surface area contributed by atoms with Gasteiger partial charge in [-0.15, -0.1) is 0 Å². The molecule has 0 unspecified atom stereocenters. The summed E-state index contributed by atoms with van der Waals surface area (Å²) in [6.07, 6.45) is -0.384. The van der Waals surface area contributed by atoms with E-state index in [1.165, 1.54) is 13.8 Å². The van der Waals surface area contributed by atoms with Crippen molar-refractivity contribution in [3.05, 3.63) is 64.7 Å². The Hall–Kier alpha value is -2.55. The number of hydrogen-bond donors (Lipinski definition) is 4. The zero-order valence-corrected chi connectivity index (χ0v) is 18.5. The summed E-state index contributed by atoms with van der Waals surface area (Å²) in [4.78, 5) is 12.4. The molecule has 4 N–H and O–H groups in total. The molecule has 32 heavy (non-hydrogen) atoms. The van der Waals surface area contributed by atoms with E-state index in [0.717, 1.165) is 35.1 Å². The van der Waals surface area contributed by atoms with Crippen molar-refractivity contribution in [3.8, 4) is 5.75 Å². The van der Waals surface area contributed by atoms with Gasteiger partial charge in [0.1, 0.15) is 23.0 Å². The predicted molar refractivity (Wildman–Crippen MR) is 116 cm³/mol. The van der Waals surface area contributed by atoms with E-state index in [1.54, 1.807) is 0 Å². The highest BCUT2D eigenvalue weighted by Crippen LogP contribution is 2.32. The van der Waals surface area contributed by atoms with Crippen molar-refractivity contribution < 1.29 is 28.5 Å². The van der Waals surface area contributed by atoms with E-state index in [2.05, 4.69) is 10.6 Å². The predicted octanol–water partition coefficient (Wildman–Crippen LogP) is 2.55. The second kappa shape index (κ2) is 9.94. The highest BCUT2D eigenvalue weighted by atomic mass is 19.1. The molecular formula is C24H30F2N2O4. The molecule has 0 saturated heterocycles. The van der Waals surface area contributed by atoms with E-state index < -0.39 is 35.3 Å². The Balaban J connectivity index is 1.74. The van der Waals surface area contributed by atoms with E-state index in [-0.39, 0.29) is 24.6 Å².